The molecule has 2 aromatic carbocycles. The predicted molar refractivity (Wildman–Crippen MR) is 120 cm³/mol. The summed E-state index contributed by atoms with van der Waals surface area (Å²) in [6.07, 6.45) is 4.74. The van der Waals surface area contributed by atoms with E-state index in [9.17, 15) is 0 Å². The van der Waals surface area contributed by atoms with Crippen LogP contribution in [-0.4, -0.2) is 42.6 Å². The Bertz CT molecular complexity index is 1160. The van der Waals surface area contributed by atoms with Crippen LogP contribution in [0, 0.1) is 6.92 Å². The highest BCUT2D eigenvalue weighted by Gasteiger charge is 2.20. The van der Waals surface area contributed by atoms with E-state index in [1.807, 2.05) is 36.7 Å². The van der Waals surface area contributed by atoms with E-state index < -0.39 is 0 Å². The zero-order chi connectivity index (χ0) is 19.8. The number of nitrogens with zero attached hydrogens (tertiary/aromatic N) is 3. The summed E-state index contributed by atoms with van der Waals surface area (Å²) < 4.78 is 5.68. The minimum Gasteiger partial charge on any atom is -0.464 e. The number of rotatable bonds is 4. The smallest absolute Gasteiger partial charge is 0.134 e. The topological polar surface area (TPSA) is 32.5 Å². The molecule has 2 aromatic heterocycles. The van der Waals surface area contributed by atoms with Crippen LogP contribution in [0.25, 0.3) is 21.9 Å². The van der Waals surface area contributed by atoms with Crippen molar-refractivity contribution in [2.75, 3.05) is 37.6 Å². The van der Waals surface area contributed by atoms with Crippen molar-refractivity contribution < 1.29 is 4.42 Å². The van der Waals surface area contributed by atoms with Crippen molar-refractivity contribution in [2.24, 2.45) is 0 Å². The van der Waals surface area contributed by atoms with E-state index in [-0.39, 0.29) is 0 Å². The summed E-state index contributed by atoms with van der Waals surface area (Å²) >= 11 is 6.16. The molecule has 29 heavy (non-hydrogen) atoms. The van der Waals surface area contributed by atoms with Gasteiger partial charge in [0.25, 0.3) is 0 Å². The second-order valence-corrected chi connectivity index (χ2v) is 8.28. The van der Waals surface area contributed by atoms with E-state index >= 15 is 0 Å². The van der Waals surface area contributed by atoms with Crippen LogP contribution in [-0.2, 0) is 6.42 Å². The van der Waals surface area contributed by atoms with Crippen LogP contribution in [0.5, 0.6) is 0 Å². The summed E-state index contributed by atoms with van der Waals surface area (Å²) in [4.78, 5) is 9.66. The molecule has 5 rings (SSSR count). The molecule has 148 valence electrons. The highest BCUT2D eigenvalue weighted by Crippen LogP contribution is 2.28. The largest absolute Gasteiger partial charge is 0.464 e. The van der Waals surface area contributed by atoms with Gasteiger partial charge in [-0.25, -0.2) is 0 Å². The number of pyridine rings is 1. The Balaban J connectivity index is 1.26. The zero-order valence-corrected chi connectivity index (χ0v) is 17.3. The van der Waals surface area contributed by atoms with Crippen molar-refractivity contribution in [3.63, 3.8) is 0 Å². The lowest BCUT2D eigenvalue weighted by atomic mass is 10.1. The molecule has 0 unspecified atom stereocenters. The van der Waals surface area contributed by atoms with E-state index in [4.69, 9.17) is 16.0 Å². The van der Waals surface area contributed by atoms with Crippen LogP contribution in [0.2, 0.25) is 5.02 Å². The maximum atomic E-state index is 6.16. The third-order valence-corrected chi connectivity index (χ3v) is 6.09. The molecule has 0 aliphatic carbocycles. The van der Waals surface area contributed by atoms with E-state index in [1.54, 1.807) is 0 Å². The molecule has 0 radical (unpaired) electrons. The Labute approximate surface area is 175 Å². The molecule has 4 nitrogen and oxygen atoms in total. The molecule has 0 amide bonds. The van der Waals surface area contributed by atoms with Gasteiger partial charge in [0.05, 0.1) is 17.5 Å². The normalized spacial score (nSPS) is 15.4. The average Bonchev–Trinajstić information content (AvgIpc) is 3.14. The Kier molecular flexibility index (Phi) is 4.90. The number of anilines is 1. The van der Waals surface area contributed by atoms with Crippen molar-refractivity contribution in [3.8, 4) is 0 Å². The highest BCUT2D eigenvalue weighted by molar-refractivity contribution is 6.31. The standard InChI is InChI=1S/C24H24ClN3O/c1-17-13-18-3-2-7-26-24(18)22(14-17)28-11-9-27(10-12-28)8-6-19-16-29-23-5-4-20(25)15-21(19)23/h2-5,7,13-16H,6,8-12H2,1H3. The third kappa shape index (κ3) is 3.70. The number of hydrogen-bond acceptors (Lipinski definition) is 4. The van der Waals surface area contributed by atoms with Gasteiger partial charge in [0.2, 0.25) is 0 Å². The molecule has 1 aliphatic heterocycles. The Hall–Kier alpha value is -2.56. The van der Waals surface area contributed by atoms with Gasteiger partial charge in [-0.1, -0.05) is 17.7 Å². The monoisotopic (exact) mass is 405 g/mol. The molecular weight excluding hydrogens is 382 g/mol. The van der Waals surface area contributed by atoms with Crippen molar-refractivity contribution in [3.05, 3.63) is 71.1 Å². The number of aromatic nitrogens is 1. The molecule has 0 saturated carbocycles. The maximum Gasteiger partial charge on any atom is 0.134 e. The lowest BCUT2D eigenvalue weighted by Crippen LogP contribution is -2.47. The van der Waals surface area contributed by atoms with Crippen LogP contribution in [0.15, 0.2) is 59.3 Å². The number of furan rings is 1. The summed E-state index contributed by atoms with van der Waals surface area (Å²) in [6.45, 7) is 7.34. The van der Waals surface area contributed by atoms with Crippen LogP contribution < -0.4 is 4.90 Å². The number of benzene rings is 2. The highest BCUT2D eigenvalue weighted by atomic mass is 35.5. The van der Waals surface area contributed by atoms with Gasteiger partial charge in [-0.05, 0) is 60.9 Å². The molecule has 3 heterocycles. The number of hydrogen-bond donors (Lipinski definition) is 0. The van der Waals surface area contributed by atoms with Gasteiger partial charge in [-0.2, -0.15) is 0 Å². The van der Waals surface area contributed by atoms with Gasteiger partial charge in [0.15, 0.2) is 0 Å². The lowest BCUT2D eigenvalue weighted by molar-refractivity contribution is 0.261. The SMILES string of the molecule is Cc1cc(N2CCN(CCc3coc4ccc(Cl)cc34)CC2)c2ncccc2c1. The second kappa shape index (κ2) is 7.69. The molecule has 1 fully saturated rings. The predicted octanol–water partition coefficient (Wildman–Crippen LogP) is 5.31. The van der Waals surface area contributed by atoms with E-state index in [2.05, 4.69) is 39.9 Å². The fraction of sp³-hybridized carbons (Fsp3) is 0.292. The van der Waals surface area contributed by atoms with Crippen molar-refractivity contribution in [1.29, 1.82) is 0 Å². The molecule has 0 spiro atoms. The van der Waals surface area contributed by atoms with Gasteiger partial charge < -0.3 is 9.32 Å². The van der Waals surface area contributed by atoms with Crippen molar-refractivity contribution in [1.82, 2.24) is 9.88 Å². The van der Waals surface area contributed by atoms with Gasteiger partial charge in [-0.3, -0.25) is 9.88 Å². The zero-order valence-electron chi connectivity index (χ0n) is 16.6. The van der Waals surface area contributed by atoms with Crippen LogP contribution >= 0.6 is 11.6 Å². The maximum absolute atomic E-state index is 6.16. The minimum atomic E-state index is 0.757. The first-order valence-corrected chi connectivity index (χ1v) is 10.5. The van der Waals surface area contributed by atoms with Crippen LogP contribution in [0.4, 0.5) is 5.69 Å². The lowest BCUT2D eigenvalue weighted by Gasteiger charge is -2.36. The number of piperazine rings is 1. The molecule has 0 N–H and O–H groups in total. The van der Waals surface area contributed by atoms with E-state index in [1.165, 1.54) is 22.2 Å². The molecule has 4 aromatic rings. The molecule has 0 atom stereocenters. The van der Waals surface area contributed by atoms with Gasteiger partial charge in [0.1, 0.15) is 5.58 Å². The fourth-order valence-electron chi connectivity index (χ4n) is 4.30. The van der Waals surface area contributed by atoms with Crippen LogP contribution in [0.1, 0.15) is 11.1 Å². The second-order valence-electron chi connectivity index (χ2n) is 7.84. The Morgan fingerprint density at radius 1 is 1.07 bits per heavy atom. The Morgan fingerprint density at radius 3 is 2.79 bits per heavy atom. The first-order valence-electron chi connectivity index (χ1n) is 10.2. The average molecular weight is 406 g/mol. The first-order chi connectivity index (χ1) is 14.2. The molecule has 1 saturated heterocycles. The summed E-state index contributed by atoms with van der Waals surface area (Å²) in [7, 11) is 0. The molecule has 0 bridgehead atoms. The number of halogens is 1. The number of aryl methyl sites for hydroxylation is 1. The third-order valence-electron chi connectivity index (χ3n) is 5.86. The van der Waals surface area contributed by atoms with E-state index in [0.29, 0.717) is 0 Å². The summed E-state index contributed by atoms with van der Waals surface area (Å²) in [5.41, 5.74) is 5.80. The minimum absolute atomic E-state index is 0.757. The molecule has 1 aliphatic rings. The molecular formula is C24H24ClN3O. The van der Waals surface area contributed by atoms with Gasteiger partial charge in [-0.15, -0.1) is 0 Å². The molecule has 5 heteroatoms. The Morgan fingerprint density at radius 2 is 1.93 bits per heavy atom. The van der Waals surface area contributed by atoms with Gasteiger partial charge in [0, 0.05) is 54.7 Å². The van der Waals surface area contributed by atoms with E-state index in [0.717, 1.165) is 60.7 Å². The summed E-state index contributed by atoms with van der Waals surface area (Å²) in [5.74, 6) is 0. The van der Waals surface area contributed by atoms with Crippen LogP contribution in [0.3, 0.4) is 0 Å². The number of fused-ring (bicyclic) bond motifs is 2. The first kappa shape index (κ1) is 18.5. The van der Waals surface area contributed by atoms with Crippen molar-refractivity contribution in [2.45, 2.75) is 13.3 Å². The summed E-state index contributed by atoms with van der Waals surface area (Å²) in [6, 6.07) is 14.5. The fourth-order valence-corrected chi connectivity index (χ4v) is 4.47. The van der Waals surface area contributed by atoms with Crippen molar-refractivity contribution >= 4 is 39.2 Å². The quantitative estimate of drug-likeness (QED) is 0.460. The van der Waals surface area contributed by atoms with Gasteiger partial charge >= 0.3 is 0 Å². The summed E-state index contributed by atoms with van der Waals surface area (Å²) in [5, 5.41) is 3.11.